The van der Waals surface area contributed by atoms with Crippen LogP contribution in [-0.2, 0) is 4.79 Å². The molecule has 1 aliphatic rings. The first-order valence-corrected chi connectivity index (χ1v) is 4.77. The molecular weight excluding hydrogens is 164 g/mol. The Balaban J connectivity index is 2.57. The van der Waals surface area contributed by atoms with Gasteiger partial charge in [0.1, 0.15) is 0 Å². The molecule has 1 aliphatic heterocycles. The monoisotopic (exact) mass is 180 g/mol. The minimum atomic E-state index is -0.182. The normalized spacial score (nSPS) is 22.5. The van der Waals surface area contributed by atoms with Gasteiger partial charge >= 0.3 is 0 Å². The van der Waals surface area contributed by atoms with Gasteiger partial charge in [0.2, 0.25) is 0 Å². The Morgan fingerprint density at radius 2 is 2.38 bits per heavy atom. The Hall–Kier alpha value is -1.01. The molecule has 0 aliphatic carbocycles. The van der Waals surface area contributed by atoms with E-state index in [1.807, 2.05) is 0 Å². The molecule has 0 aromatic heterocycles. The summed E-state index contributed by atoms with van der Waals surface area (Å²) in [5.41, 5.74) is 5.47. The predicted molar refractivity (Wildman–Crippen MR) is 51.9 cm³/mol. The average Bonchev–Trinajstić information content (AvgIpc) is 2.18. The minimum absolute atomic E-state index is 0.182. The fourth-order valence-corrected chi connectivity index (χ4v) is 1.84. The highest BCUT2D eigenvalue weighted by Crippen LogP contribution is 2.18. The summed E-state index contributed by atoms with van der Waals surface area (Å²) in [5, 5.41) is 0. The van der Waals surface area contributed by atoms with Crippen LogP contribution in [0.4, 0.5) is 0 Å². The molecule has 0 aromatic carbocycles. The average molecular weight is 180 g/mol. The van der Waals surface area contributed by atoms with Crippen molar-refractivity contribution >= 4 is 5.91 Å². The van der Waals surface area contributed by atoms with Crippen molar-refractivity contribution in [3.05, 3.63) is 0 Å². The van der Waals surface area contributed by atoms with Crippen molar-refractivity contribution in [2.45, 2.75) is 31.7 Å². The molecule has 1 rings (SSSR count). The smallest absolute Gasteiger partial charge is 0.298 e. The largest absolute Gasteiger partial charge is 0.330 e. The number of amides is 1. The molecule has 0 radical (unpaired) electrons. The van der Waals surface area contributed by atoms with Crippen LogP contribution in [0.1, 0.15) is 25.7 Å². The maximum atomic E-state index is 11.3. The molecule has 1 fully saturated rings. The first-order chi connectivity index (χ1) is 6.29. The van der Waals surface area contributed by atoms with Crippen LogP contribution < -0.4 is 5.73 Å². The number of hydrogen-bond donors (Lipinski definition) is 1. The SMILES string of the molecule is C#CC(=O)N1CCCCC1CCN. The van der Waals surface area contributed by atoms with E-state index in [4.69, 9.17) is 12.2 Å². The number of carbonyl (C=O) groups is 1. The van der Waals surface area contributed by atoms with Crippen LogP contribution in [0, 0.1) is 12.3 Å². The number of nitrogens with zero attached hydrogens (tertiary/aromatic N) is 1. The zero-order valence-corrected chi connectivity index (χ0v) is 7.83. The molecule has 0 aromatic rings. The van der Waals surface area contributed by atoms with Crippen LogP contribution in [0.5, 0.6) is 0 Å². The van der Waals surface area contributed by atoms with Crippen molar-refractivity contribution in [3.8, 4) is 12.3 Å². The van der Waals surface area contributed by atoms with Crippen molar-refractivity contribution in [2.24, 2.45) is 5.73 Å². The van der Waals surface area contributed by atoms with E-state index in [0.717, 1.165) is 25.8 Å². The van der Waals surface area contributed by atoms with E-state index < -0.39 is 0 Å². The molecule has 0 saturated carbocycles. The van der Waals surface area contributed by atoms with E-state index in [0.29, 0.717) is 6.54 Å². The molecule has 0 bridgehead atoms. The van der Waals surface area contributed by atoms with Gasteiger partial charge < -0.3 is 10.6 Å². The second-order valence-corrected chi connectivity index (χ2v) is 3.37. The summed E-state index contributed by atoms with van der Waals surface area (Å²) in [5.74, 6) is 1.99. The fourth-order valence-electron chi connectivity index (χ4n) is 1.84. The van der Waals surface area contributed by atoms with E-state index in [1.54, 1.807) is 4.90 Å². The molecule has 13 heavy (non-hydrogen) atoms. The van der Waals surface area contributed by atoms with Crippen LogP contribution in [-0.4, -0.2) is 29.9 Å². The van der Waals surface area contributed by atoms with Crippen LogP contribution in [0.2, 0.25) is 0 Å². The van der Waals surface area contributed by atoms with E-state index in [9.17, 15) is 4.79 Å². The first kappa shape index (κ1) is 10.1. The van der Waals surface area contributed by atoms with Crippen LogP contribution in [0.3, 0.4) is 0 Å². The van der Waals surface area contributed by atoms with Crippen LogP contribution in [0.25, 0.3) is 0 Å². The number of terminal acetylenes is 1. The van der Waals surface area contributed by atoms with Gasteiger partial charge in [-0.05, 0) is 38.1 Å². The molecule has 2 N–H and O–H groups in total. The number of likely N-dealkylation sites (tertiary alicyclic amines) is 1. The lowest BCUT2D eigenvalue weighted by atomic mass is 9.99. The van der Waals surface area contributed by atoms with Crippen LogP contribution >= 0.6 is 0 Å². The zero-order chi connectivity index (χ0) is 9.68. The summed E-state index contributed by atoms with van der Waals surface area (Å²) < 4.78 is 0. The molecule has 1 heterocycles. The van der Waals surface area contributed by atoms with Gasteiger partial charge in [0.25, 0.3) is 5.91 Å². The Labute approximate surface area is 79.3 Å². The number of hydrogen-bond acceptors (Lipinski definition) is 2. The lowest BCUT2D eigenvalue weighted by Gasteiger charge is -2.34. The van der Waals surface area contributed by atoms with E-state index in [2.05, 4.69) is 5.92 Å². The molecule has 1 saturated heterocycles. The fraction of sp³-hybridized carbons (Fsp3) is 0.700. The molecule has 1 atom stereocenters. The Morgan fingerprint density at radius 3 is 3.00 bits per heavy atom. The van der Waals surface area contributed by atoms with Crippen molar-refractivity contribution < 1.29 is 4.79 Å². The Kier molecular flexibility index (Phi) is 3.78. The number of piperidine rings is 1. The summed E-state index contributed by atoms with van der Waals surface area (Å²) >= 11 is 0. The molecule has 1 amide bonds. The summed E-state index contributed by atoms with van der Waals surface area (Å²) in [6.45, 7) is 1.42. The zero-order valence-electron chi connectivity index (χ0n) is 7.83. The third-order valence-electron chi connectivity index (χ3n) is 2.51. The quantitative estimate of drug-likeness (QED) is 0.623. The van der Waals surface area contributed by atoms with Gasteiger partial charge in [0, 0.05) is 12.6 Å². The molecule has 3 heteroatoms. The van der Waals surface area contributed by atoms with Gasteiger partial charge in [-0.15, -0.1) is 6.42 Å². The maximum Gasteiger partial charge on any atom is 0.298 e. The summed E-state index contributed by atoms with van der Waals surface area (Å²) in [6, 6.07) is 0.280. The molecule has 72 valence electrons. The number of rotatable bonds is 2. The number of nitrogens with two attached hydrogens (primary N) is 1. The maximum absolute atomic E-state index is 11.3. The second-order valence-electron chi connectivity index (χ2n) is 3.37. The van der Waals surface area contributed by atoms with Crippen LogP contribution in [0.15, 0.2) is 0 Å². The first-order valence-electron chi connectivity index (χ1n) is 4.77. The van der Waals surface area contributed by atoms with Gasteiger partial charge in [-0.1, -0.05) is 0 Å². The second kappa shape index (κ2) is 4.88. The highest BCUT2D eigenvalue weighted by Gasteiger charge is 2.24. The van der Waals surface area contributed by atoms with Gasteiger partial charge in [0.05, 0.1) is 0 Å². The van der Waals surface area contributed by atoms with E-state index in [1.165, 1.54) is 6.42 Å². The van der Waals surface area contributed by atoms with Gasteiger partial charge in [-0.2, -0.15) is 0 Å². The lowest BCUT2D eigenvalue weighted by Crippen LogP contribution is -2.44. The van der Waals surface area contributed by atoms with E-state index >= 15 is 0 Å². The van der Waals surface area contributed by atoms with Crippen molar-refractivity contribution in [3.63, 3.8) is 0 Å². The summed E-state index contributed by atoms with van der Waals surface area (Å²) in [7, 11) is 0. The highest BCUT2D eigenvalue weighted by molar-refractivity contribution is 5.93. The van der Waals surface area contributed by atoms with Gasteiger partial charge in [-0.3, -0.25) is 4.79 Å². The predicted octanol–water partition coefficient (Wildman–Crippen LogP) is 0.350. The topological polar surface area (TPSA) is 46.3 Å². The Bertz CT molecular complexity index is 217. The molecule has 0 spiro atoms. The highest BCUT2D eigenvalue weighted by atomic mass is 16.2. The van der Waals surface area contributed by atoms with Gasteiger partial charge in [0.15, 0.2) is 0 Å². The van der Waals surface area contributed by atoms with Crippen molar-refractivity contribution in [2.75, 3.05) is 13.1 Å². The molecule has 1 unspecified atom stereocenters. The lowest BCUT2D eigenvalue weighted by molar-refractivity contribution is -0.128. The molecule has 3 nitrogen and oxygen atoms in total. The number of carbonyl (C=O) groups excluding carboxylic acids is 1. The molecular formula is C10H16N2O. The van der Waals surface area contributed by atoms with Crippen molar-refractivity contribution in [1.29, 1.82) is 0 Å². The van der Waals surface area contributed by atoms with E-state index in [-0.39, 0.29) is 11.9 Å². The standard InChI is InChI=1S/C10H16N2O/c1-2-10(13)12-8-4-3-5-9(12)6-7-11/h1,9H,3-8,11H2. The minimum Gasteiger partial charge on any atom is -0.330 e. The summed E-state index contributed by atoms with van der Waals surface area (Å²) in [6.07, 6.45) is 9.25. The van der Waals surface area contributed by atoms with Crippen molar-refractivity contribution in [1.82, 2.24) is 4.90 Å². The third-order valence-corrected chi connectivity index (χ3v) is 2.51. The van der Waals surface area contributed by atoms with Gasteiger partial charge in [-0.25, -0.2) is 0 Å². The Morgan fingerprint density at radius 1 is 1.62 bits per heavy atom. The summed E-state index contributed by atoms with van der Waals surface area (Å²) in [4.78, 5) is 13.1. The third kappa shape index (κ3) is 2.46.